The van der Waals surface area contributed by atoms with Crippen molar-refractivity contribution >= 4 is 27.7 Å². The number of Topliss-reactive ketones (excluding diaryl/α,β-unsaturated/α-hetero) is 1. The molecule has 1 aliphatic heterocycles. The van der Waals surface area contributed by atoms with E-state index in [2.05, 4.69) is 15.9 Å². The van der Waals surface area contributed by atoms with Gasteiger partial charge >= 0.3 is 5.97 Å². The standard InChI is InChI=1S/C15H17BrO6/c1-9-15(18)11-6-13(22-8-14(17)20-4-3-16)12(19-2)5-10(11)7-21-9/h5-6,9H,3-4,7-8H2,1-2H3. The van der Waals surface area contributed by atoms with Crippen LogP contribution >= 0.6 is 15.9 Å². The number of esters is 1. The van der Waals surface area contributed by atoms with Gasteiger partial charge in [0.25, 0.3) is 0 Å². The van der Waals surface area contributed by atoms with E-state index in [1.807, 2.05) is 0 Å². The molecule has 0 aromatic heterocycles. The van der Waals surface area contributed by atoms with Gasteiger partial charge in [-0.3, -0.25) is 4.79 Å². The number of carbonyl (C=O) groups excluding carboxylic acids is 2. The molecule has 1 unspecified atom stereocenters. The number of ether oxygens (including phenoxy) is 4. The fraction of sp³-hybridized carbons (Fsp3) is 0.467. The highest BCUT2D eigenvalue weighted by Crippen LogP contribution is 2.34. The summed E-state index contributed by atoms with van der Waals surface area (Å²) in [4.78, 5) is 23.6. The Morgan fingerprint density at radius 1 is 1.41 bits per heavy atom. The molecule has 0 saturated carbocycles. The molecule has 0 bridgehead atoms. The third kappa shape index (κ3) is 3.78. The van der Waals surface area contributed by atoms with Crippen molar-refractivity contribution in [1.29, 1.82) is 0 Å². The molecule has 0 saturated heterocycles. The summed E-state index contributed by atoms with van der Waals surface area (Å²) in [6.45, 7) is 2.07. The van der Waals surface area contributed by atoms with Crippen molar-refractivity contribution in [3.05, 3.63) is 23.3 Å². The van der Waals surface area contributed by atoms with Crippen molar-refractivity contribution in [3.8, 4) is 11.5 Å². The van der Waals surface area contributed by atoms with Crippen LogP contribution in [0.25, 0.3) is 0 Å². The van der Waals surface area contributed by atoms with E-state index in [4.69, 9.17) is 18.9 Å². The summed E-state index contributed by atoms with van der Waals surface area (Å²) >= 11 is 3.16. The highest BCUT2D eigenvalue weighted by atomic mass is 79.9. The Morgan fingerprint density at radius 3 is 2.86 bits per heavy atom. The molecule has 1 aliphatic rings. The second kappa shape index (κ2) is 7.60. The fourth-order valence-electron chi connectivity index (χ4n) is 2.06. The van der Waals surface area contributed by atoms with Gasteiger partial charge in [0.2, 0.25) is 0 Å². The molecule has 0 spiro atoms. The van der Waals surface area contributed by atoms with Crippen molar-refractivity contribution in [2.24, 2.45) is 0 Å². The van der Waals surface area contributed by atoms with Gasteiger partial charge in [-0.1, -0.05) is 15.9 Å². The van der Waals surface area contributed by atoms with Crippen LogP contribution in [0.2, 0.25) is 0 Å². The lowest BCUT2D eigenvalue weighted by atomic mass is 9.97. The highest BCUT2D eigenvalue weighted by molar-refractivity contribution is 9.09. The van der Waals surface area contributed by atoms with Crippen molar-refractivity contribution < 1.29 is 28.5 Å². The van der Waals surface area contributed by atoms with Gasteiger partial charge < -0.3 is 18.9 Å². The number of hydrogen-bond donors (Lipinski definition) is 0. The Balaban J connectivity index is 2.16. The number of rotatable bonds is 6. The van der Waals surface area contributed by atoms with E-state index in [1.165, 1.54) is 7.11 Å². The van der Waals surface area contributed by atoms with E-state index in [0.717, 1.165) is 5.56 Å². The summed E-state index contributed by atoms with van der Waals surface area (Å²) in [5.41, 5.74) is 1.28. The van der Waals surface area contributed by atoms with Gasteiger partial charge in [0.1, 0.15) is 12.7 Å². The van der Waals surface area contributed by atoms with Crippen LogP contribution < -0.4 is 9.47 Å². The van der Waals surface area contributed by atoms with Crippen LogP contribution in [0, 0.1) is 0 Å². The summed E-state index contributed by atoms with van der Waals surface area (Å²) in [5, 5.41) is 0.563. The highest BCUT2D eigenvalue weighted by Gasteiger charge is 2.27. The SMILES string of the molecule is COc1cc2c(cc1OCC(=O)OCCBr)C(=O)C(C)OC2. The lowest BCUT2D eigenvalue weighted by Gasteiger charge is -2.22. The minimum absolute atomic E-state index is 0.115. The molecule has 2 rings (SSSR count). The van der Waals surface area contributed by atoms with Gasteiger partial charge in [-0.05, 0) is 24.6 Å². The van der Waals surface area contributed by atoms with Gasteiger partial charge in [-0.2, -0.15) is 0 Å². The number of benzene rings is 1. The average molecular weight is 373 g/mol. The Bertz CT molecular complexity index is 571. The van der Waals surface area contributed by atoms with Crippen LogP contribution in [0.5, 0.6) is 11.5 Å². The monoisotopic (exact) mass is 372 g/mol. The van der Waals surface area contributed by atoms with Crippen LogP contribution in [-0.2, 0) is 20.9 Å². The molecule has 0 amide bonds. The molecule has 0 radical (unpaired) electrons. The number of ketones is 1. The van der Waals surface area contributed by atoms with Crippen LogP contribution in [0.3, 0.4) is 0 Å². The third-order valence-corrected chi connectivity index (χ3v) is 3.52. The van der Waals surface area contributed by atoms with E-state index >= 15 is 0 Å². The fourth-order valence-corrected chi connectivity index (χ4v) is 2.23. The first kappa shape index (κ1) is 16.8. The summed E-state index contributed by atoms with van der Waals surface area (Å²) in [6, 6.07) is 3.28. The molecule has 0 aliphatic carbocycles. The molecule has 6 nitrogen and oxygen atoms in total. The molecule has 1 atom stereocenters. The predicted molar refractivity (Wildman–Crippen MR) is 81.8 cm³/mol. The van der Waals surface area contributed by atoms with Crippen LogP contribution in [-0.4, -0.2) is 43.5 Å². The Hall–Kier alpha value is -1.60. The number of fused-ring (bicyclic) bond motifs is 1. The molecular weight excluding hydrogens is 356 g/mol. The molecule has 0 fully saturated rings. The van der Waals surface area contributed by atoms with Crippen molar-refractivity contribution in [2.45, 2.75) is 19.6 Å². The molecule has 0 N–H and O–H groups in total. The lowest BCUT2D eigenvalue weighted by Crippen LogP contribution is -2.27. The summed E-state index contributed by atoms with van der Waals surface area (Å²) in [5.74, 6) is 0.176. The topological polar surface area (TPSA) is 71.1 Å². The van der Waals surface area contributed by atoms with Crippen LogP contribution in [0.15, 0.2) is 12.1 Å². The minimum Gasteiger partial charge on any atom is -0.493 e. The number of carbonyl (C=O) groups is 2. The van der Waals surface area contributed by atoms with Crippen LogP contribution in [0.1, 0.15) is 22.8 Å². The molecule has 1 heterocycles. The van der Waals surface area contributed by atoms with Gasteiger partial charge in [0, 0.05) is 10.9 Å². The van der Waals surface area contributed by atoms with Gasteiger partial charge in [0.15, 0.2) is 23.9 Å². The van der Waals surface area contributed by atoms with E-state index < -0.39 is 12.1 Å². The lowest BCUT2D eigenvalue weighted by molar-refractivity contribution is -0.145. The second-order valence-electron chi connectivity index (χ2n) is 4.68. The maximum atomic E-state index is 12.1. The average Bonchev–Trinajstić information content (AvgIpc) is 2.53. The Labute approximate surface area is 136 Å². The van der Waals surface area contributed by atoms with E-state index in [1.54, 1.807) is 19.1 Å². The zero-order valence-electron chi connectivity index (χ0n) is 12.4. The number of methoxy groups -OCH3 is 1. The molecular formula is C15H17BrO6. The predicted octanol–water partition coefficient (Wildman–Crippen LogP) is 2.11. The van der Waals surface area contributed by atoms with E-state index in [-0.39, 0.29) is 19.0 Å². The summed E-state index contributed by atoms with van der Waals surface area (Å²) < 4.78 is 20.9. The maximum Gasteiger partial charge on any atom is 0.344 e. The van der Waals surface area contributed by atoms with E-state index in [0.29, 0.717) is 29.0 Å². The minimum atomic E-state index is -0.488. The largest absolute Gasteiger partial charge is 0.493 e. The first-order chi connectivity index (χ1) is 10.6. The second-order valence-corrected chi connectivity index (χ2v) is 5.47. The van der Waals surface area contributed by atoms with Crippen LogP contribution in [0.4, 0.5) is 0 Å². The first-order valence-electron chi connectivity index (χ1n) is 6.78. The summed E-state index contributed by atoms with van der Waals surface area (Å²) in [6.07, 6.45) is -0.488. The normalized spacial score (nSPS) is 16.9. The van der Waals surface area contributed by atoms with Gasteiger partial charge in [-0.15, -0.1) is 0 Å². The number of halogens is 1. The zero-order valence-corrected chi connectivity index (χ0v) is 14.0. The molecule has 22 heavy (non-hydrogen) atoms. The number of alkyl halides is 1. The zero-order chi connectivity index (χ0) is 16.1. The van der Waals surface area contributed by atoms with Crippen molar-refractivity contribution in [3.63, 3.8) is 0 Å². The molecule has 7 heteroatoms. The van der Waals surface area contributed by atoms with Gasteiger partial charge in [0.05, 0.1) is 13.7 Å². The molecule has 1 aromatic rings. The smallest absolute Gasteiger partial charge is 0.344 e. The van der Waals surface area contributed by atoms with Crippen molar-refractivity contribution in [2.75, 3.05) is 25.7 Å². The Kier molecular flexibility index (Phi) is 5.79. The summed E-state index contributed by atoms with van der Waals surface area (Å²) in [7, 11) is 1.49. The third-order valence-electron chi connectivity index (χ3n) is 3.20. The maximum absolute atomic E-state index is 12.1. The van der Waals surface area contributed by atoms with Gasteiger partial charge in [-0.25, -0.2) is 4.79 Å². The Morgan fingerprint density at radius 2 is 2.18 bits per heavy atom. The molecule has 1 aromatic carbocycles. The molecule has 120 valence electrons. The quantitative estimate of drug-likeness (QED) is 0.562. The van der Waals surface area contributed by atoms with E-state index in [9.17, 15) is 9.59 Å². The first-order valence-corrected chi connectivity index (χ1v) is 7.90. The van der Waals surface area contributed by atoms with Crippen molar-refractivity contribution in [1.82, 2.24) is 0 Å². The number of hydrogen-bond acceptors (Lipinski definition) is 6.